The van der Waals surface area contributed by atoms with Gasteiger partial charge in [-0.2, -0.15) is 0 Å². The lowest BCUT2D eigenvalue weighted by molar-refractivity contribution is 0.114. The molecule has 4 heterocycles. The molecule has 1 aromatic carbocycles. The number of hydrogen-bond donors (Lipinski definition) is 1. The second-order valence-electron chi connectivity index (χ2n) is 8.46. The van der Waals surface area contributed by atoms with E-state index < -0.39 is 23.8 Å². The van der Waals surface area contributed by atoms with Crippen molar-refractivity contribution in [2.24, 2.45) is 5.92 Å². The summed E-state index contributed by atoms with van der Waals surface area (Å²) in [5.74, 6) is 1.48. The number of ether oxygens (including phenoxy) is 1. The van der Waals surface area contributed by atoms with E-state index in [1.807, 2.05) is 6.07 Å². The molecule has 5 rings (SSSR count). The molecule has 2 saturated heterocycles. The smallest absolute Gasteiger partial charge is 0.266 e. The number of nitrogens with one attached hydrogen (secondary N) is 1. The number of halogens is 3. The number of aryl methyl sites for hydroxylation is 1. The lowest BCUT2D eigenvalue weighted by atomic mass is 10.0. The van der Waals surface area contributed by atoms with Crippen LogP contribution < -0.4 is 10.2 Å². The van der Waals surface area contributed by atoms with Crippen molar-refractivity contribution in [3.8, 4) is 0 Å². The van der Waals surface area contributed by atoms with Gasteiger partial charge in [0.05, 0.1) is 29.4 Å². The largest absolute Gasteiger partial charge is 0.376 e. The van der Waals surface area contributed by atoms with Crippen molar-refractivity contribution in [2.75, 3.05) is 29.9 Å². The Kier molecular flexibility index (Phi) is 5.36. The van der Waals surface area contributed by atoms with Crippen LogP contribution in [-0.4, -0.2) is 40.8 Å². The molecule has 0 saturated carbocycles. The number of aromatic nitrogens is 3. The van der Waals surface area contributed by atoms with E-state index in [0.29, 0.717) is 23.1 Å². The molecule has 3 atom stereocenters. The Bertz CT molecular complexity index is 1150. The van der Waals surface area contributed by atoms with Gasteiger partial charge >= 0.3 is 0 Å². The van der Waals surface area contributed by atoms with Gasteiger partial charge in [0.1, 0.15) is 23.3 Å². The SMILES string of the molecule is Cc1nc(N[C@H](C)c2cccc(C(F)F)c2F)c2cc(N3C[C@H]4CCO[C@H]4C3)ncc2n1. The fourth-order valence-corrected chi connectivity index (χ4v) is 4.64. The zero-order chi connectivity index (χ0) is 22.4. The number of pyridine rings is 1. The Morgan fingerprint density at radius 1 is 1.19 bits per heavy atom. The number of fused-ring (bicyclic) bond motifs is 2. The lowest BCUT2D eigenvalue weighted by Crippen LogP contribution is -2.23. The molecule has 0 amide bonds. The van der Waals surface area contributed by atoms with Crippen molar-refractivity contribution in [1.82, 2.24) is 15.0 Å². The zero-order valence-electron chi connectivity index (χ0n) is 17.9. The topological polar surface area (TPSA) is 63.2 Å². The first-order chi connectivity index (χ1) is 15.4. The maximum absolute atomic E-state index is 14.7. The van der Waals surface area contributed by atoms with E-state index in [0.717, 1.165) is 43.4 Å². The fourth-order valence-electron chi connectivity index (χ4n) is 4.64. The predicted molar refractivity (Wildman–Crippen MR) is 116 cm³/mol. The monoisotopic (exact) mass is 443 g/mol. The van der Waals surface area contributed by atoms with Crippen LogP contribution in [0.15, 0.2) is 30.5 Å². The number of anilines is 2. The molecule has 2 aromatic heterocycles. The van der Waals surface area contributed by atoms with Crippen molar-refractivity contribution in [3.05, 3.63) is 53.2 Å². The van der Waals surface area contributed by atoms with Gasteiger partial charge in [0.15, 0.2) is 0 Å². The summed E-state index contributed by atoms with van der Waals surface area (Å²) in [4.78, 5) is 15.8. The molecule has 0 spiro atoms. The number of rotatable bonds is 5. The summed E-state index contributed by atoms with van der Waals surface area (Å²) in [7, 11) is 0. The van der Waals surface area contributed by atoms with Crippen LogP contribution in [0.25, 0.3) is 10.9 Å². The van der Waals surface area contributed by atoms with Crippen molar-refractivity contribution in [2.45, 2.75) is 38.8 Å². The van der Waals surface area contributed by atoms with Crippen LogP contribution in [0.3, 0.4) is 0 Å². The second-order valence-corrected chi connectivity index (χ2v) is 8.46. The van der Waals surface area contributed by atoms with E-state index in [4.69, 9.17) is 4.74 Å². The van der Waals surface area contributed by atoms with Crippen LogP contribution in [0.2, 0.25) is 0 Å². The molecule has 2 aliphatic heterocycles. The van der Waals surface area contributed by atoms with Crippen molar-refractivity contribution < 1.29 is 17.9 Å². The molecular weight excluding hydrogens is 419 g/mol. The van der Waals surface area contributed by atoms with E-state index in [1.54, 1.807) is 20.0 Å². The molecule has 0 aliphatic carbocycles. The molecular formula is C23H24F3N5O. The molecule has 0 unspecified atom stereocenters. The van der Waals surface area contributed by atoms with Crippen molar-refractivity contribution >= 4 is 22.5 Å². The average Bonchev–Trinajstić information content (AvgIpc) is 3.35. The first-order valence-electron chi connectivity index (χ1n) is 10.7. The van der Waals surface area contributed by atoms with E-state index in [-0.39, 0.29) is 11.7 Å². The number of hydrogen-bond acceptors (Lipinski definition) is 6. The standard InChI is InChI=1S/C23H24F3N5O/c1-12(15-4-3-5-16(21(15)24)22(25)26)28-23-17-8-20(27-9-18(17)29-13(2)30-23)31-10-14-6-7-32-19(14)11-31/h3-5,8-9,12,14,19,22H,6-7,10-11H2,1-2H3,(H,28,29,30)/t12-,14-,19+/m1/s1. The Morgan fingerprint density at radius 2 is 2.00 bits per heavy atom. The van der Waals surface area contributed by atoms with Crippen LogP contribution in [-0.2, 0) is 4.74 Å². The van der Waals surface area contributed by atoms with Crippen molar-refractivity contribution in [3.63, 3.8) is 0 Å². The summed E-state index contributed by atoms with van der Waals surface area (Å²) in [5, 5.41) is 3.95. The highest BCUT2D eigenvalue weighted by Gasteiger charge is 2.37. The Labute approximate surface area is 183 Å². The van der Waals surface area contributed by atoms with Gasteiger partial charge in [0.2, 0.25) is 0 Å². The van der Waals surface area contributed by atoms with E-state index in [9.17, 15) is 13.2 Å². The Morgan fingerprint density at radius 3 is 2.78 bits per heavy atom. The highest BCUT2D eigenvalue weighted by atomic mass is 19.3. The van der Waals surface area contributed by atoms with Crippen LogP contribution in [0, 0.1) is 18.7 Å². The number of alkyl halides is 2. The Hall–Kier alpha value is -2.94. The van der Waals surface area contributed by atoms with Gasteiger partial charge in [-0.15, -0.1) is 0 Å². The van der Waals surface area contributed by atoms with Crippen LogP contribution in [0.5, 0.6) is 0 Å². The third kappa shape index (κ3) is 3.74. The van der Waals surface area contributed by atoms with Gasteiger partial charge in [0, 0.05) is 36.6 Å². The minimum absolute atomic E-state index is 0.158. The zero-order valence-corrected chi connectivity index (χ0v) is 17.9. The van der Waals surface area contributed by atoms with E-state index in [2.05, 4.69) is 25.2 Å². The maximum Gasteiger partial charge on any atom is 0.266 e. The first kappa shape index (κ1) is 20.9. The lowest BCUT2D eigenvalue weighted by Gasteiger charge is -2.21. The minimum Gasteiger partial charge on any atom is -0.376 e. The van der Waals surface area contributed by atoms with Gasteiger partial charge in [-0.3, -0.25) is 0 Å². The quantitative estimate of drug-likeness (QED) is 0.611. The molecule has 3 aromatic rings. The van der Waals surface area contributed by atoms with Crippen molar-refractivity contribution in [1.29, 1.82) is 0 Å². The molecule has 9 heteroatoms. The molecule has 1 N–H and O–H groups in total. The summed E-state index contributed by atoms with van der Waals surface area (Å²) in [6, 6.07) is 5.40. The molecule has 32 heavy (non-hydrogen) atoms. The molecule has 168 valence electrons. The van der Waals surface area contributed by atoms with Gasteiger partial charge in [-0.25, -0.2) is 28.1 Å². The highest BCUT2D eigenvalue weighted by molar-refractivity contribution is 5.90. The summed E-state index contributed by atoms with van der Waals surface area (Å²) < 4.78 is 46.7. The maximum atomic E-state index is 14.7. The van der Waals surface area contributed by atoms with E-state index >= 15 is 0 Å². The predicted octanol–water partition coefficient (Wildman–Crippen LogP) is 4.81. The first-order valence-corrected chi connectivity index (χ1v) is 10.7. The number of nitrogens with zero attached hydrogens (tertiary/aromatic N) is 4. The summed E-state index contributed by atoms with van der Waals surface area (Å²) in [6.45, 7) is 5.98. The molecule has 0 radical (unpaired) electrons. The molecule has 2 aliphatic rings. The summed E-state index contributed by atoms with van der Waals surface area (Å²) in [6.07, 6.45) is 0.138. The van der Waals surface area contributed by atoms with E-state index in [1.165, 1.54) is 12.1 Å². The Balaban J connectivity index is 1.47. The minimum atomic E-state index is -2.87. The summed E-state index contributed by atoms with van der Waals surface area (Å²) >= 11 is 0. The molecule has 6 nitrogen and oxygen atoms in total. The molecule has 2 fully saturated rings. The molecule has 0 bridgehead atoms. The van der Waals surface area contributed by atoms with Gasteiger partial charge in [-0.1, -0.05) is 18.2 Å². The van der Waals surface area contributed by atoms with Gasteiger partial charge < -0.3 is 15.0 Å². The summed E-state index contributed by atoms with van der Waals surface area (Å²) in [5.41, 5.74) is 0.215. The van der Waals surface area contributed by atoms with Gasteiger partial charge in [-0.05, 0) is 26.3 Å². The highest BCUT2D eigenvalue weighted by Crippen LogP contribution is 2.34. The van der Waals surface area contributed by atoms with Crippen LogP contribution >= 0.6 is 0 Å². The normalized spacial score (nSPS) is 21.4. The van der Waals surface area contributed by atoms with Crippen LogP contribution in [0.1, 0.15) is 42.8 Å². The average molecular weight is 443 g/mol. The van der Waals surface area contributed by atoms with Crippen LogP contribution in [0.4, 0.5) is 24.8 Å². The van der Waals surface area contributed by atoms with Gasteiger partial charge in [0.25, 0.3) is 6.43 Å². The fraction of sp³-hybridized carbons (Fsp3) is 0.435. The number of benzene rings is 1. The third-order valence-corrected chi connectivity index (χ3v) is 6.32. The second kappa shape index (κ2) is 8.20. The third-order valence-electron chi connectivity index (χ3n) is 6.32.